The number of allylic oxidation sites excluding steroid dienone is 2. The number of hydrogen-bond acceptors (Lipinski definition) is 6. The summed E-state index contributed by atoms with van der Waals surface area (Å²) in [6.45, 7) is 8.73. The topological polar surface area (TPSA) is 84.3 Å². The molecule has 0 saturated carbocycles. The summed E-state index contributed by atoms with van der Waals surface area (Å²) in [7, 11) is 4.00. The van der Waals surface area contributed by atoms with Crippen molar-refractivity contribution in [2.75, 3.05) is 26.7 Å². The van der Waals surface area contributed by atoms with Crippen LogP contribution in [0, 0.1) is 5.92 Å². The van der Waals surface area contributed by atoms with Crippen LogP contribution in [-0.2, 0) is 11.8 Å². The van der Waals surface area contributed by atoms with Crippen molar-refractivity contribution in [3.05, 3.63) is 36.8 Å². The molecule has 8 heteroatoms. The zero-order chi connectivity index (χ0) is 22.0. The normalized spacial score (nSPS) is 21.2. The quantitative estimate of drug-likeness (QED) is 0.662. The molecule has 2 saturated heterocycles. The molecule has 4 heterocycles. The van der Waals surface area contributed by atoms with Gasteiger partial charge in [-0.25, -0.2) is 4.98 Å². The lowest BCUT2D eigenvalue weighted by atomic mass is 10.0. The molecule has 1 amide bonds. The molecule has 2 fully saturated rings. The Bertz CT molecular complexity index is 991. The van der Waals surface area contributed by atoms with Crippen molar-refractivity contribution in [1.29, 1.82) is 0 Å². The zero-order valence-electron chi connectivity index (χ0n) is 18.6. The van der Waals surface area contributed by atoms with Crippen LogP contribution in [0.5, 0.6) is 5.88 Å². The molecule has 2 unspecified atom stereocenters. The van der Waals surface area contributed by atoms with E-state index in [1.54, 1.807) is 4.68 Å². The smallest absolute Gasteiger partial charge is 0.225 e. The molecule has 0 bridgehead atoms. The second kappa shape index (κ2) is 9.09. The van der Waals surface area contributed by atoms with E-state index >= 15 is 0 Å². The van der Waals surface area contributed by atoms with E-state index in [0.29, 0.717) is 24.9 Å². The Kier molecular flexibility index (Phi) is 6.27. The fourth-order valence-electron chi connectivity index (χ4n) is 4.34. The first kappa shape index (κ1) is 21.4. The average Bonchev–Trinajstić information content (AvgIpc) is 3.37. The highest BCUT2D eigenvalue weighted by molar-refractivity contribution is 5.87. The molecule has 2 aliphatic rings. The van der Waals surface area contributed by atoms with Crippen LogP contribution >= 0.6 is 0 Å². The van der Waals surface area contributed by atoms with Gasteiger partial charge >= 0.3 is 0 Å². The molecule has 2 atom stereocenters. The fourth-order valence-corrected chi connectivity index (χ4v) is 4.34. The van der Waals surface area contributed by atoms with Crippen LogP contribution in [-0.4, -0.2) is 64.4 Å². The maximum atomic E-state index is 11.6. The maximum absolute atomic E-state index is 11.6. The molecule has 0 radical (unpaired) electrons. The van der Waals surface area contributed by atoms with E-state index in [4.69, 9.17) is 9.72 Å². The molecule has 0 spiro atoms. The molecule has 166 valence electrons. The molecule has 31 heavy (non-hydrogen) atoms. The Morgan fingerprint density at radius 1 is 1.42 bits per heavy atom. The standard InChI is InChI=1S/C23H32N6O2/c1-5-16(13-28(3)18-6-8-24-9-7-18)20-11-21-19(14-29(4)27-21)23(26-20)31-15(2)17-10-22(30)25-12-17/h5,11,13-15,17-18,24H,1,6-10,12H2,2-4H3,(H,25,30)/b16-13+. The number of amides is 1. The van der Waals surface area contributed by atoms with Crippen LogP contribution in [0.25, 0.3) is 16.5 Å². The number of carbonyl (C=O) groups excluding carboxylic acids is 1. The highest BCUT2D eigenvalue weighted by Gasteiger charge is 2.29. The van der Waals surface area contributed by atoms with Crippen LogP contribution in [0.1, 0.15) is 31.9 Å². The Morgan fingerprint density at radius 2 is 2.19 bits per heavy atom. The van der Waals surface area contributed by atoms with Gasteiger partial charge in [0.05, 0.1) is 16.6 Å². The van der Waals surface area contributed by atoms with Crippen molar-refractivity contribution in [1.82, 2.24) is 30.3 Å². The second-order valence-electron chi connectivity index (χ2n) is 8.57. The number of aryl methyl sites for hydroxylation is 1. The Morgan fingerprint density at radius 3 is 2.87 bits per heavy atom. The van der Waals surface area contributed by atoms with Crippen LogP contribution in [0.3, 0.4) is 0 Å². The summed E-state index contributed by atoms with van der Waals surface area (Å²) >= 11 is 0. The van der Waals surface area contributed by atoms with E-state index in [1.807, 2.05) is 32.3 Å². The molecule has 0 aromatic carbocycles. The Hall–Kier alpha value is -2.87. The van der Waals surface area contributed by atoms with E-state index < -0.39 is 0 Å². The van der Waals surface area contributed by atoms with Gasteiger partial charge in [0.1, 0.15) is 6.10 Å². The fraction of sp³-hybridized carbons (Fsp3) is 0.522. The summed E-state index contributed by atoms with van der Waals surface area (Å²) in [4.78, 5) is 18.7. The van der Waals surface area contributed by atoms with Gasteiger partial charge in [-0.15, -0.1) is 0 Å². The average molecular weight is 425 g/mol. The number of nitrogens with zero attached hydrogens (tertiary/aromatic N) is 4. The van der Waals surface area contributed by atoms with E-state index in [0.717, 1.165) is 48.1 Å². The minimum atomic E-state index is -0.140. The van der Waals surface area contributed by atoms with E-state index in [-0.39, 0.29) is 17.9 Å². The molecule has 4 rings (SSSR count). The molecular weight excluding hydrogens is 392 g/mol. The van der Waals surface area contributed by atoms with Crippen molar-refractivity contribution in [3.8, 4) is 5.88 Å². The summed E-state index contributed by atoms with van der Waals surface area (Å²) in [5.74, 6) is 0.751. The van der Waals surface area contributed by atoms with Crippen LogP contribution in [0.15, 0.2) is 31.1 Å². The van der Waals surface area contributed by atoms with Crippen LogP contribution < -0.4 is 15.4 Å². The Labute approximate surface area is 183 Å². The molecule has 2 N–H and O–H groups in total. The number of hydrogen-bond donors (Lipinski definition) is 2. The zero-order valence-corrected chi connectivity index (χ0v) is 18.6. The minimum Gasteiger partial charge on any atom is -0.474 e. The lowest BCUT2D eigenvalue weighted by Crippen LogP contribution is -2.38. The third-order valence-electron chi connectivity index (χ3n) is 6.30. The number of carbonyl (C=O) groups is 1. The molecule has 2 aromatic rings. The molecule has 2 aliphatic heterocycles. The van der Waals surface area contributed by atoms with Crippen LogP contribution in [0.2, 0.25) is 0 Å². The summed E-state index contributed by atoms with van der Waals surface area (Å²) in [5.41, 5.74) is 2.54. The summed E-state index contributed by atoms with van der Waals surface area (Å²) in [5, 5.41) is 11.7. The van der Waals surface area contributed by atoms with Gasteiger partial charge in [0.2, 0.25) is 11.8 Å². The first-order valence-corrected chi connectivity index (χ1v) is 11.0. The first-order chi connectivity index (χ1) is 14.9. The molecular formula is C23H32N6O2. The van der Waals surface area contributed by atoms with E-state index in [1.165, 1.54) is 0 Å². The third kappa shape index (κ3) is 4.74. The largest absolute Gasteiger partial charge is 0.474 e. The number of nitrogens with one attached hydrogen (secondary N) is 2. The third-order valence-corrected chi connectivity index (χ3v) is 6.30. The summed E-state index contributed by atoms with van der Waals surface area (Å²) in [6.07, 6.45) is 8.45. The van der Waals surface area contributed by atoms with Gasteiger partial charge in [0.25, 0.3) is 0 Å². The minimum absolute atomic E-state index is 0.0755. The maximum Gasteiger partial charge on any atom is 0.225 e. The van der Waals surface area contributed by atoms with Gasteiger partial charge < -0.3 is 20.3 Å². The van der Waals surface area contributed by atoms with E-state index in [2.05, 4.69) is 40.5 Å². The highest BCUT2D eigenvalue weighted by Crippen LogP contribution is 2.30. The van der Waals surface area contributed by atoms with Gasteiger partial charge in [-0.3, -0.25) is 9.48 Å². The SMILES string of the molecule is C=C/C(=C\N(C)C1CCNCC1)c1cc2nn(C)cc2c(OC(C)C2CNC(=O)C2)n1. The monoisotopic (exact) mass is 424 g/mol. The van der Waals surface area contributed by atoms with Crippen LogP contribution in [0.4, 0.5) is 0 Å². The number of fused-ring (bicyclic) bond motifs is 1. The Balaban J connectivity index is 1.64. The predicted molar refractivity (Wildman–Crippen MR) is 122 cm³/mol. The van der Waals surface area contributed by atoms with Crippen molar-refractivity contribution in [2.45, 2.75) is 38.3 Å². The highest BCUT2D eigenvalue weighted by atomic mass is 16.5. The number of rotatable bonds is 7. The number of piperidine rings is 1. The molecule has 2 aromatic heterocycles. The van der Waals surface area contributed by atoms with Gasteiger partial charge in [0.15, 0.2) is 0 Å². The first-order valence-electron chi connectivity index (χ1n) is 11.0. The molecule has 8 nitrogen and oxygen atoms in total. The van der Waals surface area contributed by atoms with Gasteiger partial charge in [-0.05, 0) is 38.9 Å². The van der Waals surface area contributed by atoms with Gasteiger partial charge in [-0.2, -0.15) is 5.10 Å². The van der Waals surface area contributed by atoms with Crippen molar-refractivity contribution in [3.63, 3.8) is 0 Å². The van der Waals surface area contributed by atoms with Crippen molar-refractivity contribution in [2.24, 2.45) is 13.0 Å². The van der Waals surface area contributed by atoms with E-state index in [9.17, 15) is 4.79 Å². The van der Waals surface area contributed by atoms with Gasteiger partial charge in [0, 0.05) is 57.0 Å². The molecule has 0 aliphatic carbocycles. The van der Waals surface area contributed by atoms with Crippen molar-refractivity contribution >= 4 is 22.4 Å². The lowest BCUT2D eigenvalue weighted by molar-refractivity contribution is -0.119. The lowest BCUT2D eigenvalue weighted by Gasteiger charge is -2.31. The number of ether oxygens (including phenoxy) is 1. The summed E-state index contributed by atoms with van der Waals surface area (Å²) < 4.78 is 8.06. The summed E-state index contributed by atoms with van der Waals surface area (Å²) in [6, 6.07) is 2.48. The second-order valence-corrected chi connectivity index (χ2v) is 8.57. The predicted octanol–water partition coefficient (Wildman–Crippen LogP) is 2.08. The number of pyridine rings is 1. The van der Waals surface area contributed by atoms with Crippen molar-refractivity contribution < 1.29 is 9.53 Å². The van der Waals surface area contributed by atoms with Gasteiger partial charge in [-0.1, -0.05) is 12.7 Å². The number of aromatic nitrogens is 3.